The molecule has 2 atom stereocenters. The molecule has 3 aliphatic rings. The molecule has 3 aliphatic heterocycles. The quantitative estimate of drug-likeness (QED) is 0.444. The summed E-state index contributed by atoms with van der Waals surface area (Å²) in [5.41, 5.74) is 12.8. The largest absolute Gasteiger partial charge is 0.507 e. The first kappa shape index (κ1) is 20.3. The number of phenols is 1. The van der Waals surface area contributed by atoms with Crippen LogP contribution in [0, 0.1) is 0 Å². The number of dihydropyridines is 1. The standard InChI is InChI=1S/C21H23F3N4O2/c22-21(23,24)11-1-4-16(18(29)7-11)19(25)15-5-6-27-10-17(15)20(26)28-12-8-13-2-3-14(9-12)30-13/h1,4-7,10,12-14,27,29H,2-3,8-9,25H2,(H2,26,28)/b19-15-. The van der Waals surface area contributed by atoms with Crippen LogP contribution >= 0.6 is 0 Å². The zero-order valence-corrected chi connectivity index (χ0v) is 16.1. The summed E-state index contributed by atoms with van der Waals surface area (Å²) in [5, 5.41) is 13.1. The Bertz CT molecular complexity index is 953. The van der Waals surface area contributed by atoms with Crippen molar-refractivity contribution < 1.29 is 23.0 Å². The van der Waals surface area contributed by atoms with E-state index in [0.717, 1.165) is 37.8 Å². The maximum atomic E-state index is 12.9. The van der Waals surface area contributed by atoms with E-state index in [2.05, 4.69) is 10.3 Å². The van der Waals surface area contributed by atoms with Crippen LogP contribution in [0.1, 0.15) is 36.8 Å². The summed E-state index contributed by atoms with van der Waals surface area (Å²) in [6.45, 7) is 0. The van der Waals surface area contributed by atoms with Crippen LogP contribution in [-0.2, 0) is 10.9 Å². The van der Waals surface area contributed by atoms with E-state index in [1.807, 2.05) is 0 Å². The summed E-state index contributed by atoms with van der Waals surface area (Å²) in [7, 11) is 0. The molecule has 160 valence electrons. The van der Waals surface area contributed by atoms with Crippen LogP contribution in [0.25, 0.3) is 5.70 Å². The number of nitrogens with one attached hydrogen (secondary N) is 1. The number of rotatable bonds is 3. The highest BCUT2D eigenvalue weighted by atomic mass is 19.4. The normalized spacial score (nSPS) is 28.2. The highest BCUT2D eigenvalue weighted by Crippen LogP contribution is 2.36. The van der Waals surface area contributed by atoms with Gasteiger partial charge in [-0.25, -0.2) is 0 Å². The smallest absolute Gasteiger partial charge is 0.416 e. The van der Waals surface area contributed by atoms with Crippen molar-refractivity contribution in [1.29, 1.82) is 0 Å². The first-order valence-corrected chi connectivity index (χ1v) is 9.75. The number of halogens is 3. The van der Waals surface area contributed by atoms with Gasteiger partial charge in [-0.3, -0.25) is 4.99 Å². The molecule has 30 heavy (non-hydrogen) atoms. The maximum Gasteiger partial charge on any atom is 0.416 e. The van der Waals surface area contributed by atoms with Gasteiger partial charge in [0.15, 0.2) is 0 Å². The van der Waals surface area contributed by atoms with Gasteiger partial charge in [0.25, 0.3) is 0 Å². The Hall–Kier alpha value is -2.94. The summed E-state index contributed by atoms with van der Waals surface area (Å²) in [6, 6.07) is 2.74. The molecule has 0 aliphatic carbocycles. The first-order valence-electron chi connectivity index (χ1n) is 9.75. The Morgan fingerprint density at radius 1 is 1.17 bits per heavy atom. The molecule has 1 aromatic carbocycles. The molecular formula is C21H23F3N4O2. The van der Waals surface area contributed by atoms with E-state index in [0.29, 0.717) is 17.2 Å². The fourth-order valence-corrected chi connectivity index (χ4v) is 4.16. The molecule has 2 saturated heterocycles. The second-order valence-electron chi connectivity index (χ2n) is 7.71. The second kappa shape index (κ2) is 7.71. The average molecular weight is 420 g/mol. The number of hydrogen-bond acceptors (Lipinski definition) is 5. The zero-order chi connectivity index (χ0) is 21.5. The van der Waals surface area contributed by atoms with Crippen LogP contribution in [0.15, 0.2) is 52.8 Å². The Morgan fingerprint density at radius 2 is 1.87 bits per heavy atom. The molecule has 2 bridgehead atoms. The zero-order valence-electron chi connectivity index (χ0n) is 16.1. The molecule has 6 N–H and O–H groups in total. The minimum Gasteiger partial charge on any atom is -0.507 e. The molecule has 1 aromatic rings. The number of benzene rings is 1. The van der Waals surface area contributed by atoms with Gasteiger partial charge in [-0.2, -0.15) is 13.2 Å². The highest BCUT2D eigenvalue weighted by Gasteiger charge is 2.35. The summed E-state index contributed by atoms with van der Waals surface area (Å²) in [4.78, 5) is 4.67. The van der Waals surface area contributed by atoms with Crippen LogP contribution in [0.4, 0.5) is 13.2 Å². The monoisotopic (exact) mass is 420 g/mol. The molecule has 3 heterocycles. The third kappa shape index (κ3) is 4.02. The molecule has 0 saturated carbocycles. The van der Waals surface area contributed by atoms with Crippen molar-refractivity contribution >= 4 is 11.5 Å². The molecule has 2 fully saturated rings. The number of fused-ring (bicyclic) bond motifs is 2. The summed E-state index contributed by atoms with van der Waals surface area (Å²) < 4.78 is 44.5. The SMILES string of the molecule is NC(=NC1CC2CCC(C1)O2)C1=CNC=C/C1=C(/N)c1ccc(C(F)(F)F)cc1O. The van der Waals surface area contributed by atoms with Crippen molar-refractivity contribution in [1.82, 2.24) is 5.32 Å². The fourth-order valence-electron chi connectivity index (χ4n) is 4.16. The molecular weight excluding hydrogens is 397 g/mol. The van der Waals surface area contributed by atoms with Gasteiger partial charge < -0.3 is 26.6 Å². The number of hydrogen-bond donors (Lipinski definition) is 4. The van der Waals surface area contributed by atoms with Crippen LogP contribution < -0.4 is 16.8 Å². The van der Waals surface area contributed by atoms with E-state index in [4.69, 9.17) is 16.2 Å². The van der Waals surface area contributed by atoms with Gasteiger partial charge >= 0.3 is 6.18 Å². The minimum absolute atomic E-state index is 0.0463. The number of alkyl halides is 3. The van der Waals surface area contributed by atoms with Crippen molar-refractivity contribution in [3.63, 3.8) is 0 Å². The lowest BCUT2D eigenvalue weighted by atomic mass is 9.96. The van der Waals surface area contributed by atoms with Gasteiger partial charge in [-0.1, -0.05) is 0 Å². The van der Waals surface area contributed by atoms with Gasteiger partial charge in [0.05, 0.1) is 29.5 Å². The lowest BCUT2D eigenvalue weighted by molar-refractivity contribution is -0.137. The number of allylic oxidation sites excluding steroid dienone is 1. The number of amidine groups is 1. The summed E-state index contributed by atoms with van der Waals surface area (Å²) >= 11 is 0. The molecule has 0 spiro atoms. The third-order valence-electron chi connectivity index (χ3n) is 5.63. The van der Waals surface area contributed by atoms with Crippen molar-refractivity contribution in [2.24, 2.45) is 16.5 Å². The fraction of sp³-hybridized carbons (Fsp3) is 0.381. The Morgan fingerprint density at radius 3 is 2.50 bits per heavy atom. The topological polar surface area (TPSA) is 106 Å². The van der Waals surface area contributed by atoms with Crippen molar-refractivity contribution in [3.8, 4) is 5.75 Å². The summed E-state index contributed by atoms with van der Waals surface area (Å²) in [6.07, 6.45) is 4.47. The third-order valence-corrected chi connectivity index (χ3v) is 5.63. The summed E-state index contributed by atoms with van der Waals surface area (Å²) in [5.74, 6) is -0.278. The molecule has 0 amide bonds. The number of phenolic OH excluding ortho intramolecular Hbond substituents is 1. The molecule has 9 heteroatoms. The van der Waals surface area contributed by atoms with Crippen molar-refractivity contribution in [2.75, 3.05) is 0 Å². The van der Waals surface area contributed by atoms with E-state index in [1.165, 1.54) is 0 Å². The lowest BCUT2D eigenvalue weighted by Crippen LogP contribution is -2.30. The van der Waals surface area contributed by atoms with Gasteiger partial charge in [0.1, 0.15) is 11.6 Å². The number of aromatic hydroxyl groups is 1. The van der Waals surface area contributed by atoms with Crippen LogP contribution in [0.3, 0.4) is 0 Å². The number of aliphatic imine (C=N–C) groups is 1. The Kier molecular flexibility index (Phi) is 5.23. The number of nitrogens with zero attached hydrogens (tertiary/aromatic N) is 1. The molecule has 6 nitrogen and oxygen atoms in total. The predicted molar refractivity (Wildman–Crippen MR) is 107 cm³/mol. The van der Waals surface area contributed by atoms with E-state index in [-0.39, 0.29) is 35.3 Å². The maximum absolute atomic E-state index is 12.9. The first-order chi connectivity index (χ1) is 14.2. The lowest BCUT2D eigenvalue weighted by Gasteiger charge is -2.26. The van der Waals surface area contributed by atoms with E-state index >= 15 is 0 Å². The van der Waals surface area contributed by atoms with Crippen LogP contribution in [0.2, 0.25) is 0 Å². The van der Waals surface area contributed by atoms with Gasteiger partial charge in [0, 0.05) is 29.1 Å². The van der Waals surface area contributed by atoms with Gasteiger partial charge in [-0.05, 0) is 50.0 Å². The van der Waals surface area contributed by atoms with Crippen LogP contribution in [0.5, 0.6) is 5.75 Å². The number of nitrogens with two attached hydrogens (primary N) is 2. The molecule has 0 radical (unpaired) electrons. The van der Waals surface area contributed by atoms with E-state index in [9.17, 15) is 18.3 Å². The second-order valence-corrected chi connectivity index (χ2v) is 7.71. The van der Waals surface area contributed by atoms with Crippen molar-refractivity contribution in [2.45, 2.75) is 50.1 Å². The Balaban J connectivity index is 1.64. The minimum atomic E-state index is -4.56. The molecule has 4 rings (SSSR count). The number of ether oxygens (including phenoxy) is 1. The van der Waals surface area contributed by atoms with E-state index in [1.54, 1.807) is 18.5 Å². The average Bonchev–Trinajstić information content (AvgIpc) is 3.04. The van der Waals surface area contributed by atoms with Gasteiger partial charge in [-0.15, -0.1) is 0 Å². The van der Waals surface area contributed by atoms with Gasteiger partial charge in [0.2, 0.25) is 0 Å². The predicted octanol–water partition coefficient (Wildman–Crippen LogP) is 3.15. The van der Waals surface area contributed by atoms with E-state index < -0.39 is 17.5 Å². The molecule has 0 aromatic heterocycles. The molecule has 2 unspecified atom stereocenters. The highest BCUT2D eigenvalue weighted by molar-refractivity contribution is 6.04. The Labute approximate surface area is 171 Å². The van der Waals surface area contributed by atoms with Crippen LogP contribution in [-0.4, -0.2) is 29.2 Å². The van der Waals surface area contributed by atoms with Crippen molar-refractivity contribution in [3.05, 3.63) is 58.9 Å².